The second-order valence-electron chi connectivity index (χ2n) is 2.72. The van der Waals surface area contributed by atoms with Gasteiger partial charge in [-0.15, -0.1) is 0 Å². The molecule has 0 unspecified atom stereocenters. The average molecular weight is 222 g/mol. The summed E-state index contributed by atoms with van der Waals surface area (Å²) in [5.74, 6) is 0.801. The van der Waals surface area contributed by atoms with Crippen molar-refractivity contribution >= 4 is 22.4 Å². The minimum atomic E-state index is 0.632. The quantitative estimate of drug-likeness (QED) is 0.858. The third-order valence-electron chi connectivity index (χ3n) is 1.73. The van der Waals surface area contributed by atoms with Gasteiger partial charge in [0.25, 0.3) is 0 Å². The number of rotatable bonds is 4. The Kier molecular flexibility index (Phi) is 3.08. The Bertz CT molecular complexity index is 418. The van der Waals surface area contributed by atoms with Crippen LogP contribution in [0, 0.1) is 0 Å². The zero-order chi connectivity index (χ0) is 10.5. The fourth-order valence-corrected chi connectivity index (χ4v) is 1.53. The lowest BCUT2D eigenvalue weighted by atomic mass is 10.3. The maximum atomic E-state index is 5.46. The van der Waals surface area contributed by atoms with Crippen LogP contribution in [0.3, 0.4) is 0 Å². The highest BCUT2D eigenvalue weighted by Gasteiger charge is 2.04. The highest BCUT2D eigenvalue weighted by atomic mass is 32.1. The molecular formula is C9H10N4OS. The van der Waals surface area contributed by atoms with E-state index >= 15 is 0 Å². The lowest BCUT2D eigenvalue weighted by Crippen LogP contribution is -1.97. The van der Waals surface area contributed by atoms with Crippen LogP contribution in [0.25, 0.3) is 0 Å². The number of ether oxygens (including phenoxy) is 1. The maximum absolute atomic E-state index is 5.46. The van der Waals surface area contributed by atoms with Gasteiger partial charge >= 0.3 is 0 Å². The van der Waals surface area contributed by atoms with Gasteiger partial charge in [0.15, 0.2) is 0 Å². The summed E-state index contributed by atoms with van der Waals surface area (Å²) in [6.45, 7) is 2.58. The molecule has 2 rings (SSSR count). The fraction of sp³-hybridized carbons (Fsp3) is 0.222. The second-order valence-corrected chi connectivity index (χ2v) is 3.45. The topological polar surface area (TPSA) is 59.9 Å². The molecule has 6 heteroatoms. The van der Waals surface area contributed by atoms with Crippen LogP contribution in [0.1, 0.15) is 6.92 Å². The van der Waals surface area contributed by atoms with Crippen LogP contribution in [0.4, 0.5) is 10.8 Å². The van der Waals surface area contributed by atoms with E-state index in [1.165, 1.54) is 11.5 Å². The number of nitrogens with zero attached hydrogens (tertiary/aromatic N) is 3. The summed E-state index contributed by atoms with van der Waals surface area (Å²) in [7, 11) is 0. The molecular weight excluding hydrogens is 212 g/mol. The molecule has 1 N–H and O–H groups in total. The standard InChI is InChI=1S/C9H10N4OS/c1-2-14-8-6-4-3-5-7(8)10-9-11-12-13-15-9/h3-6H,2H2,1H3,(H,10,11,13). The van der Waals surface area contributed by atoms with E-state index in [0.29, 0.717) is 11.7 Å². The molecule has 0 aliphatic heterocycles. The number of hydrogen-bond acceptors (Lipinski definition) is 6. The Morgan fingerprint density at radius 3 is 3.00 bits per heavy atom. The van der Waals surface area contributed by atoms with Gasteiger partial charge in [0.05, 0.1) is 12.3 Å². The van der Waals surface area contributed by atoms with E-state index in [1.54, 1.807) is 0 Å². The van der Waals surface area contributed by atoms with Crippen LogP contribution in [0.2, 0.25) is 0 Å². The lowest BCUT2D eigenvalue weighted by Gasteiger charge is -2.09. The SMILES string of the molecule is CCOc1ccccc1Nc1nnns1. The van der Waals surface area contributed by atoms with Crippen molar-refractivity contribution in [3.63, 3.8) is 0 Å². The van der Waals surface area contributed by atoms with Gasteiger partial charge in [0, 0.05) is 11.5 Å². The highest BCUT2D eigenvalue weighted by Crippen LogP contribution is 2.27. The monoisotopic (exact) mass is 222 g/mol. The molecule has 1 aromatic heterocycles. The van der Waals surface area contributed by atoms with E-state index in [4.69, 9.17) is 4.74 Å². The maximum Gasteiger partial charge on any atom is 0.229 e. The summed E-state index contributed by atoms with van der Waals surface area (Å²) in [6.07, 6.45) is 0. The third kappa shape index (κ3) is 2.41. The summed E-state index contributed by atoms with van der Waals surface area (Å²) in [5, 5.41) is 11.1. The molecule has 0 aliphatic rings. The smallest absolute Gasteiger partial charge is 0.229 e. The number of hydrogen-bond donors (Lipinski definition) is 1. The van der Waals surface area contributed by atoms with Crippen LogP contribution in [0.15, 0.2) is 24.3 Å². The van der Waals surface area contributed by atoms with Crippen molar-refractivity contribution in [1.29, 1.82) is 0 Å². The summed E-state index contributed by atoms with van der Waals surface area (Å²) >= 11 is 1.21. The third-order valence-corrected chi connectivity index (χ3v) is 2.24. The Morgan fingerprint density at radius 1 is 1.40 bits per heavy atom. The average Bonchev–Trinajstić information content (AvgIpc) is 2.74. The molecule has 0 radical (unpaired) electrons. The number of aromatic nitrogens is 3. The van der Waals surface area contributed by atoms with Crippen molar-refractivity contribution in [3.8, 4) is 5.75 Å². The first-order chi connectivity index (χ1) is 7.40. The Balaban J connectivity index is 2.20. The minimum absolute atomic E-state index is 0.632. The van der Waals surface area contributed by atoms with Gasteiger partial charge in [-0.3, -0.25) is 0 Å². The van der Waals surface area contributed by atoms with E-state index in [0.717, 1.165) is 11.4 Å². The first-order valence-electron chi connectivity index (χ1n) is 4.54. The van der Waals surface area contributed by atoms with Crippen molar-refractivity contribution < 1.29 is 4.74 Å². The molecule has 0 fully saturated rings. The van der Waals surface area contributed by atoms with Gasteiger partial charge in [0.1, 0.15) is 5.75 Å². The molecule has 1 aromatic carbocycles. The molecule has 15 heavy (non-hydrogen) atoms. The van der Waals surface area contributed by atoms with Crippen molar-refractivity contribution in [2.24, 2.45) is 0 Å². The predicted molar refractivity (Wildman–Crippen MR) is 58.6 cm³/mol. The van der Waals surface area contributed by atoms with Crippen molar-refractivity contribution in [3.05, 3.63) is 24.3 Å². The van der Waals surface area contributed by atoms with E-state index in [9.17, 15) is 0 Å². The number of nitrogens with one attached hydrogen (secondary N) is 1. The molecule has 5 nitrogen and oxygen atoms in total. The van der Waals surface area contributed by atoms with Gasteiger partial charge < -0.3 is 10.1 Å². The van der Waals surface area contributed by atoms with E-state index in [2.05, 4.69) is 20.1 Å². The first-order valence-corrected chi connectivity index (χ1v) is 5.31. The van der Waals surface area contributed by atoms with Gasteiger partial charge in [-0.05, 0) is 24.3 Å². The number of anilines is 2. The minimum Gasteiger partial charge on any atom is -0.492 e. The molecule has 0 amide bonds. The Labute approximate surface area is 91.3 Å². The Morgan fingerprint density at radius 2 is 2.27 bits per heavy atom. The predicted octanol–water partition coefficient (Wildman–Crippen LogP) is 2.08. The second kappa shape index (κ2) is 4.70. The normalized spacial score (nSPS) is 9.93. The molecule has 2 aromatic rings. The summed E-state index contributed by atoms with van der Waals surface area (Å²) in [4.78, 5) is 0. The number of benzene rings is 1. The lowest BCUT2D eigenvalue weighted by molar-refractivity contribution is 0.342. The van der Waals surface area contributed by atoms with Crippen molar-refractivity contribution in [2.45, 2.75) is 6.92 Å². The molecule has 0 spiro atoms. The van der Waals surface area contributed by atoms with Gasteiger partial charge in [-0.2, -0.15) is 0 Å². The zero-order valence-corrected chi connectivity index (χ0v) is 8.99. The van der Waals surface area contributed by atoms with Gasteiger partial charge in [-0.25, -0.2) is 0 Å². The Hall–Kier alpha value is -1.69. The molecule has 0 saturated heterocycles. The fourth-order valence-electron chi connectivity index (χ4n) is 1.15. The van der Waals surface area contributed by atoms with Crippen LogP contribution in [-0.2, 0) is 0 Å². The summed E-state index contributed by atoms with van der Waals surface area (Å²) in [5.41, 5.74) is 0.873. The van der Waals surface area contributed by atoms with Gasteiger partial charge in [-0.1, -0.05) is 21.7 Å². The van der Waals surface area contributed by atoms with Crippen molar-refractivity contribution in [1.82, 2.24) is 14.8 Å². The highest BCUT2D eigenvalue weighted by molar-refractivity contribution is 7.09. The van der Waals surface area contributed by atoms with Crippen LogP contribution >= 0.6 is 11.5 Å². The van der Waals surface area contributed by atoms with Crippen LogP contribution < -0.4 is 10.1 Å². The molecule has 0 aliphatic carbocycles. The molecule has 0 atom stereocenters. The molecule has 1 heterocycles. The van der Waals surface area contributed by atoms with Crippen molar-refractivity contribution in [2.75, 3.05) is 11.9 Å². The summed E-state index contributed by atoms with van der Waals surface area (Å²) in [6, 6.07) is 7.68. The van der Waals surface area contributed by atoms with E-state index in [-0.39, 0.29) is 0 Å². The van der Waals surface area contributed by atoms with Crippen LogP contribution in [0.5, 0.6) is 5.75 Å². The molecule has 78 valence electrons. The van der Waals surface area contributed by atoms with E-state index < -0.39 is 0 Å². The number of para-hydroxylation sites is 2. The zero-order valence-electron chi connectivity index (χ0n) is 8.17. The first kappa shape index (κ1) is 9.85. The van der Waals surface area contributed by atoms with Crippen LogP contribution in [-0.4, -0.2) is 21.4 Å². The summed E-state index contributed by atoms with van der Waals surface area (Å²) < 4.78 is 9.13. The van der Waals surface area contributed by atoms with E-state index in [1.807, 2.05) is 31.2 Å². The largest absolute Gasteiger partial charge is 0.492 e. The van der Waals surface area contributed by atoms with Gasteiger partial charge in [0.2, 0.25) is 5.13 Å². The molecule has 0 bridgehead atoms. The molecule has 0 saturated carbocycles.